The minimum absolute atomic E-state index is 0.0994. The van der Waals surface area contributed by atoms with Crippen LogP contribution in [0.5, 0.6) is 11.5 Å². The Bertz CT molecular complexity index is 504. The highest BCUT2D eigenvalue weighted by molar-refractivity contribution is 5.98. The number of nitrogens with two attached hydrogens (primary N) is 1. The van der Waals surface area contributed by atoms with E-state index in [9.17, 15) is 4.79 Å². The van der Waals surface area contributed by atoms with E-state index in [1.165, 1.54) is 0 Å². The summed E-state index contributed by atoms with van der Waals surface area (Å²) in [7, 11) is 0. The van der Waals surface area contributed by atoms with Gasteiger partial charge in [0.15, 0.2) is 11.5 Å². The summed E-state index contributed by atoms with van der Waals surface area (Å²) in [5.74, 6) is 1.48. The van der Waals surface area contributed by atoms with Crippen LogP contribution in [0.4, 0.5) is 0 Å². The number of carbonyl (C=O) groups is 1. The first kappa shape index (κ1) is 13.2. The van der Waals surface area contributed by atoms with Crippen molar-refractivity contribution in [1.29, 1.82) is 0 Å². The predicted octanol–water partition coefficient (Wildman–Crippen LogP) is 1.31. The standard InChI is InChI=1S/C15H20N2O3/c16-9-10-3-1-5-12(10)17-15(18)11-4-2-6-13-14(11)20-8-7-19-13/h2,4,6,10,12H,1,3,5,7-9,16H2,(H,17,18). The Morgan fingerprint density at radius 1 is 1.30 bits per heavy atom. The molecule has 1 aromatic carbocycles. The second-order valence-corrected chi connectivity index (χ2v) is 5.34. The van der Waals surface area contributed by atoms with Gasteiger partial charge in [-0.1, -0.05) is 12.5 Å². The molecular formula is C15H20N2O3. The van der Waals surface area contributed by atoms with E-state index in [-0.39, 0.29) is 11.9 Å². The quantitative estimate of drug-likeness (QED) is 0.873. The van der Waals surface area contributed by atoms with Crippen molar-refractivity contribution in [3.63, 3.8) is 0 Å². The summed E-state index contributed by atoms with van der Waals surface area (Å²) in [6.45, 7) is 1.62. The molecule has 1 saturated carbocycles. The minimum atomic E-state index is -0.0994. The van der Waals surface area contributed by atoms with Gasteiger partial charge in [-0.15, -0.1) is 0 Å². The van der Waals surface area contributed by atoms with Crippen molar-refractivity contribution in [2.24, 2.45) is 11.7 Å². The lowest BCUT2D eigenvalue weighted by atomic mass is 10.0. The van der Waals surface area contributed by atoms with Crippen molar-refractivity contribution in [2.75, 3.05) is 19.8 Å². The zero-order valence-corrected chi connectivity index (χ0v) is 11.4. The van der Waals surface area contributed by atoms with Crippen LogP contribution in [0.2, 0.25) is 0 Å². The first-order valence-electron chi connectivity index (χ1n) is 7.19. The van der Waals surface area contributed by atoms with Crippen LogP contribution >= 0.6 is 0 Å². The van der Waals surface area contributed by atoms with Crippen molar-refractivity contribution in [2.45, 2.75) is 25.3 Å². The predicted molar refractivity (Wildman–Crippen MR) is 75.1 cm³/mol. The first-order chi connectivity index (χ1) is 9.79. The molecule has 2 atom stereocenters. The molecule has 1 aliphatic heterocycles. The Hall–Kier alpha value is -1.75. The van der Waals surface area contributed by atoms with Crippen molar-refractivity contribution in [3.8, 4) is 11.5 Å². The third kappa shape index (κ3) is 2.45. The maximum Gasteiger partial charge on any atom is 0.255 e. The molecule has 3 rings (SSSR count). The van der Waals surface area contributed by atoms with Gasteiger partial charge >= 0.3 is 0 Å². The number of nitrogens with one attached hydrogen (secondary N) is 1. The molecule has 0 saturated heterocycles. The van der Waals surface area contributed by atoms with Crippen LogP contribution in [0, 0.1) is 5.92 Å². The summed E-state index contributed by atoms with van der Waals surface area (Å²) in [4.78, 5) is 12.4. The van der Waals surface area contributed by atoms with Crippen LogP contribution in [0.25, 0.3) is 0 Å². The number of hydrogen-bond acceptors (Lipinski definition) is 4. The van der Waals surface area contributed by atoms with Crippen LogP contribution in [0.1, 0.15) is 29.6 Å². The molecule has 5 heteroatoms. The van der Waals surface area contributed by atoms with E-state index in [4.69, 9.17) is 15.2 Å². The smallest absolute Gasteiger partial charge is 0.255 e. The van der Waals surface area contributed by atoms with E-state index < -0.39 is 0 Å². The van der Waals surface area contributed by atoms with E-state index >= 15 is 0 Å². The fourth-order valence-electron chi connectivity index (χ4n) is 3.01. The molecule has 1 amide bonds. The monoisotopic (exact) mass is 276 g/mol. The number of rotatable bonds is 3. The molecule has 3 N–H and O–H groups in total. The van der Waals surface area contributed by atoms with Gasteiger partial charge in [-0.05, 0) is 37.4 Å². The lowest BCUT2D eigenvalue weighted by Gasteiger charge is -2.23. The van der Waals surface area contributed by atoms with Crippen LogP contribution in [-0.2, 0) is 0 Å². The summed E-state index contributed by atoms with van der Waals surface area (Å²) < 4.78 is 11.1. The summed E-state index contributed by atoms with van der Waals surface area (Å²) in [6.07, 6.45) is 3.22. The average molecular weight is 276 g/mol. The molecule has 20 heavy (non-hydrogen) atoms. The Morgan fingerprint density at radius 2 is 2.15 bits per heavy atom. The van der Waals surface area contributed by atoms with E-state index in [2.05, 4.69) is 5.32 Å². The van der Waals surface area contributed by atoms with Crippen molar-refractivity contribution < 1.29 is 14.3 Å². The Kier molecular flexibility index (Phi) is 3.78. The lowest BCUT2D eigenvalue weighted by Crippen LogP contribution is -2.40. The Morgan fingerprint density at radius 3 is 3.00 bits per heavy atom. The van der Waals surface area contributed by atoms with Gasteiger partial charge < -0.3 is 20.5 Å². The second-order valence-electron chi connectivity index (χ2n) is 5.34. The van der Waals surface area contributed by atoms with Gasteiger partial charge in [-0.2, -0.15) is 0 Å². The topological polar surface area (TPSA) is 73.6 Å². The molecule has 2 unspecified atom stereocenters. The molecule has 0 aromatic heterocycles. The highest BCUT2D eigenvalue weighted by atomic mass is 16.6. The zero-order valence-electron chi connectivity index (χ0n) is 11.4. The second kappa shape index (κ2) is 5.71. The number of ether oxygens (including phenoxy) is 2. The van der Waals surface area contributed by atoms with E-state index in [0.29, 0.717) is 42.7 Å². The maximum absolute atomic E-state index is 12.4. The Labute approximate surface area is 118 Å². The molecular weight excluding hydrogens is 256 g/mol. The first-order valence-corrected chi connectivity index (χ1v) is 7.19. The molecule has 1 heterocycles. The zero-order chi connectivity index (χ0) is 13.9. The fraction of sp³-hybridized carbons (Fsp3) is 0.533. The molecule has 0 spiro atoms. The Balaban J connectivity index is 1.77. The molecule has 1 aliphatic carbocycles. The molecule has 5 nitrogen and oxygen atoms in total. The SMILES string of the molecule is NCC1CCCC1NC(=O)c1cccc2c1OCCO2. The molecule has 2 aliphatic rings. The third-order valence-corrected chi connectivity index (χ3v) is 4.09. The van der Waals surface area contributed by atoms with Gasteiger partial charge in [0.05, 0.1) is 5.56 Å². The number of fused-ring (bicyclic) bond motifs is 1. The van der Waals surface area contributed by atoms with Gasteiger partial charge in [0.1, 0.15) is 13.2 Å². The number of para-hydroxylation sites is 1. The number of benzene rings is 1. The molecule has 1 aromatic rings. The normalized spacial score (nSPS) is 24.4. The van der Waals surface area contributed by atoms with Crippen molar-refractivity contribution in [3.05, 3.63) is 23.8 Å². The number of hydrogen-bond donors (Lipinski definition) is 2. The molecule has 108 valence electrons. The van der Waals surface area contributed by atoms with Crippen molar-refractivity contribution >= 4 is 5.91 Å². The average Bonchev–Trinajstić information content (AvgIpc) is 2.93. The van der Waals surface area contributed by atoms with Crippen LogP contribution < -0.4 is 20.5 Å². The molecule has 0 bridgehead atoms. The number of carbonyl (C=O) groups excluding carboxylic acids is 1. The van der Waals surface area contributed by atoms with Gasteiger partial charge in [0.25, 0.3) is 5.91 Å². The summed E-state index contributed by atoms with van der Waals surface area (Å²) >= 11 is 0. The maximum atomic E-state index is 12.4. The number of amides is 1. The van der Waals surface area contributed by atoms with Crippen LogP contribution in [0.15, 0.2) is 18.2 Å². The summed E-state index contributed by atoms with van der Waals surface area (Å²) in [6, 6.07) is 5.59. The van der Waals surface area contributed by atoms with Crippen LogP contribution in [0.3, 0.4) is 0 Å². The third-order valence-electron chi connectivity index (χ3n) is 4.09. The van der Waals surface area contributed by atoms with Crippen LogP contribution in [-0.4, -0.2) is 31.7 Å². The molecule has 1 fully saturated rings. The highest BCUT2D eigenvalue weighted by Crippen LogP contribution is 2.34. The largest absolute Gasteiger partial charge is 0.486 e. The van der Waals surface area contributed by atoms with Gasteiger partial charge in [0.2, 0.25) is 0 Å². The minimum Gasteiger partial charge on any atom is -0.486 e. The lowest BCUT2D eigenvalue weighted by molar-refractivity contribution is 0.0918. The van der Waals surface area contributed by atoms with Gasteiger partial charge in [0, 0.05) is 6.04 Å². The summed E-state index contributed by atoms with van der Waals surface area (Å²) in [5.41, 5.74) is 6.30. The van der Waals surface area contributed by atoms with Gasteiger partial charge in [-0.3, -0.25) is 4.79 Å². The summed E-state index contributed by atoms with van der Waals surface area (Å²) in [5, 5.41) is 3.09. The highest BCUT2D eigenvalue weighted by Gasteiger charge is 2.29. The van der Waals surface area contributed by atoms with Gasteiger partial charge in [-0.25, -0.2) is 0 Å². The van der Waals surface area contributed by atoms with E-state index in [1.807, 2.05) is 12.1 Å². The van der Waals surface area contributed by atoms with Crippen molar-refractivity contribution in [1.82, 2.24) is 5.32 Å². The van der Waals surface area contributed by atoms with E-state index in [0.717, 1.165) is 19.3 Å². The fourth-order valence-corrected chi connectivity index (χ4v) is 3.01. The van der Waals surface area contributed by atoms with E-state index in [1.54, 1.807) is 6.07 Å². The molecule has 0 radical (unpaired) electrons.